The number of nitrogens with zero attached hydrogens (tertiary/aromatic N) is 1. The molecular weight excluding hydrogens is 340 g/mol. The Morgan fingerprint density at radius 1 is 0.962 bits per heavy atom. The average molecular weight is 367 g/mol. The zero-order valence-corrected chi connectivity index (χ0v) is 16.3. The minimum Gasteiger partial charge on any atom is -0.497 e. The average Bonchev–Trinajstić information content (AvgIpc) is 3.16. The highest BCUT2D eigenvalue weighted by Gasteiger charge is 2.05. The van der Waals surface area contributed by atoms with Crippen LogP contribution in [0.4, 0.5) is 5.13 Å². The van der Waals surface area contributed by atoms with Crippen LogP contribution in [0.3, 0.4) is 0 Å². The summed E-state index contributed by atoms with van der Waals surface area (Å²) < 4.78 is 5.19. The molecular formula is C22H26N2OS. The van der Waals surface area contributed by atoms with Crippen LogP contribution in [0.5, 0.6) is 5.75 Å². The third-order valence-electron chi connectivity index (χ3n) is 4.42. The van der Waals surface area contributed by atoms with E-state index in [0.717, 1.165) is 36.0 Å². The molecule has 0 saturated carbocycles. The van der Waals surface area contributed by atoms with Crippen molar-refractivity contribution in [3.8, 4) is 17.0 Å². The molecule has 0 bridgehead atoms. The normalized spacial score (nSPS) is 10.7. The monoisotopic (exact) mass is 366 g/mol. The van der Waals surface area contributed by atoms with E-state index in [1.54, 1.807) is 18.4 Å². The van der Waals surface area contributed by atoms with Gasteiger partial charge in [-0.15, -0.1) is 11.3 Å². The van der Waals surface area contributed by atoms with Crippen molar-refractivity contribution in [2.45, 2.75) is 32.6 Å². The molecule has 26 heavy (non-hydrogen) atoms. The van der Waals surface area contributed by atoms with Gasteiger partial charge in [0.2, 0.25) is 0 Å². The zero-order chi connectivity index (χ0) is 18.2. The first kappa shape index (κ1) is 18.5. The Balaban J connectivity index is 1.52. The molecule has 0 aliphatic carbocycles. The maximum atomic E-state index is 5.19. The molecule has 0 fully saturated rings. The summed E-state index contributed by atoms with van der Waals surface area (Å²) in [6.07, 6.45) is 4.61. The van der Waals surface area contributed by atoms with Gasteiger partial charge in [0.05, 0.1) is 12.8 Å². The van der Waals surface area contributed by atoms with E-state index in [4.69, 9.17) is 9.72 Å². The van der Waals surface area contributed by atoms with Crippen LogP contribution in [0.2, 0.25) is 0 Å². The van der Waals surface area contributed by atoms with Crippen LogP contribution >= 0.6 is 11.3 Å². The van der Waals surface area contributed by atoms with E-state index < -0.39 is 0 Å². The summed E-state index contributed by atoms with van der Waals surface area (Å²) in [5, 5.41) is 6.52. The molecule has 0 spiro atoms. The standard InChI is InChI=1S/C22H26N2OS/c1-3-4-5-17-6-10-19(11-7-17)21-16-26-22(24-21)23-15-14-18-8-12-20(25-2)13-9-18/h6-13,16H,3-5,14-15H2,1-2H3,(H,23,24). The van der Waals surface area contributed by atoms with Gasteiger partial charge < -0.3 is 10.1 Å². The summed E-state index contributed by atoms with van der Waals surface area (Å²) in [7, 11) is 1.69. The van der Waals surface area contributed by atoms with E-state index in [0.29, 0.717) is 0 Å². The lowest BCUT2D eigenvalue weighted by molar-refractivity contribution is 0.414. The number of rotatable bonds is 9. The lowest BCUT2D eigenvalue weighted by atomic mass is 10.1. The molecule has 0 aliphatic heterocycles. The summed E-state index contributed by atoms with van der Waals surface area (Å²) in [5.41, 5.74) is 4.93. The summed E-state index contributed by atoms with van der Waals surface area (Å²) in [6.45, 7) is 3.10. The third-order valence-corrected chi connectivity index (χ3v) is 5.22. The van der Waals surface area contributed by atoms with E-state index in [2.05, 4.69) is 54.0 Å². The predicted octanol–water partition coefficient (Wildman–Crippen LogP) is 5.82. The van der Waals surface area contributed by atoms with Crippen molar-refractivity contribution >= 4 is 16.5 Å². The quantitative estimate of drug-likeness (QED) is 0.518. The number of aromatic nitrogens is 1. The first-order chi connectivity index (χ1) is 12.8. The minimum absolute atomic E-state index is 0.870. The molecule has 4 heteroatoms. The molecule has 0 aliphatic rings. The van der Waals surface area contributed by atoms with Crippen molar-refractivity contribution < 1.29 is 4.74 Å². The molecule has 1 N–H and O–H groups in total. The smallest absolute Gasteiger partial charge is 0.183 e. The van der Waals surface area contributed by atoms with E-state index in [1.165, 1.54) is 29.5 Å². The van der Waals surface area contributed by atoms with E-state index in [-0.39, 0.29) is 0 Å². The maximum Gasteiger partial charge on any atom is 0.183 e. The molecule has 0 saturated heterocycles. The molecule has 1 heterocycles. The first-order valence-corrected chi connectivity index (χ1v) is 10.1. The number of hydrogen-bond acceptors (Lipinski definition) is 4. The number of unbranched alkanes of at least 4 members (excludes halogenated alkanes) is 1. The largest absolute Gasteiger partial charge is 0.497 e. The highest BCUT2D eigenvalue weighted by molar-refractivity contribution is 7.14. The van der Waals surface area contributed by atoms with Crippen molar-refractivity contribution in [3.63, 3.8) is 0 Å². The summed E-state index contributed by atoms with van der Waals surface area (Å²) in [4.78, 5) is 4.72. The van der Waals surface area contributed by atoms with Gasteiger partial charge in [-0.1, -0.05) is 49.7 Å². The van der Waals surface area contributed by atoms with Crippen molar-refractivity contribution in [2.24, 2.45) is 0 Å². The van der Waals surface area contributed by atoms with Crippen LogP contribution in [0.15, 0.2) is 53.9 Å². The fraction of sp³-hybridized carbons (Fsp3) is 0.318. The van der Waals surface area contributed by atoms with Gasteiger partial charge in [0.15, 0.2) is 5.13 Å². The van der Waals surface area contributed by atoms with Crippen LogP contribution in [-0.2, 0) is 12.8 Å². The van der Waals surface area contributed by atoms with E-state index >= 15 is 0 Å². The lowest BCUT2D eigenvalue weighted by Crippen LogP contribution is -2.04. The van der Waals surface area contributed by atoms with Gasteiger partial charge >= 0.3 is 0 Å². The van der Waals surface area contributed by atoms with Crippen LogP contribution in [-0.4, -0.2) is 18.6 Å². The lowest BCUT2D eigenvalue weighted by Gasteiger charge is -2.05. The molecule has 3 nitrogen and oxygen atoms in total. The van der Waals surface area contributed by atoms with Gasteiger partial charge in [-0.3, -0.25) is 0 Å². The van der Waals surface area contributed by atoms with Crippen molar-refractivity contribution in [1.29, 1.82) is 0 Å². The van der Waals surface area contributed by atoms with Crippen LogP contribution in [0.25, 0.3) is 11.3 Å². The van der Waals surface area contributed by atoms with Gasteiger partial charge in [0.25, 0.3) is 0 Å². The Labute approximate surface area is 160 Å². The summed E-state index contributed by atoms with van der Waals surface area (Å²) in [5.74, 6) is 0.895. The molecule has 0 amide bonds. The Kier molecular flexibility index (Phi) is 6.67. The second-order valence-corrected chi connectivity index (χ2v) is 7.22. The number of hydrogen-bond donors (Lipinski definition) is 1. The Morgan fingerprint density at radius 3 is 2.35 bits per heavy atom. The number of anilines is 1. The van der Waals surface area contributed by atoms with Crippen LogP contribution in [0.1, 0.15) is 30.9 Å². The molecule has 0 unspecified atom stereocenters. The van der Waals surface area contributed by atoms with Gasteiger partial charge in [0.1, 0.15) is 5.75 Å². The topological polar surface area (TPSA) is 34.1 Å². The summed E-state index contributed by atoms with van der Waals surface area (Å²) in [6, 6.07) is 17.0. The number of benzene rings is 2. The van der Waals surface area contributed by atoms with Gasteiger partial charge in [-0.05, 0) is 42.5 Å². The molecule has 0 atom stereocenters. The summed E-state index contributed by atoms with van der Waals surface area (Å²) >= 11 is 1.66. The number of aryl methyl sites for hydroxylation is 1. The van der Waals surface area contributed by atoms with Crippen molar-refractivity contribution in [1.82, 2.24) is 4.98 Å². The van der Waals surface area contributed by atoms with Gasteiger partial charge in [-0.25, -0.2) is 4.98 Å². The molecule has 136 valence electrons. The Morgan fingerprint density at radius 2 is 1.65 bits per heavy atom. The fourth-order valence-corrected chi connectivity index (χ4v) is 3.57. The Hall–Kier alpha value is -2.33. The number of methoxy groups -OCH3 is 1. The second kappa shape index (κ2) is 9.39. The van der Waals surface area contributed by atoms with Crippen LogP contribution in [0, 0.1) is 0 Å². The van der Waals surface area contributed by atoms with Gasteiger partial charge in [0, 0.05) is 17.5 Å². The maximum absolute atomic E-state index is 5.19. The fourth-order valence-electron chi connectivity index (χ4n) is 2.82. The van der Waals surface area contributed by atoms with Crippen LogP contribution < -0.4 is 10.1 Å². The van der Waals surface area contributed by atoms with Crippen molar-refractivity contribution in [2.75, 3.05) is 19.0 Å². The highest BCUT2D eigenvalue weighted by Crippen LogP contribution is 2.25. The highest BCUT2D eigenvalue weighted by atomic mass is 32.1. The van der Waals surface area contributed by atoms with E-state index in [9.17, 15) is 0 Å². The number of ether oxygens (including phenoxy) is 1. The van der Waals surface area contributed by atoms with Crippen molar-refractivity contribution in [3.05, 3.63) is 65.0 Å². The molecule has 3 aromatic rings. The number of nitrogens with one attached hydrogen (secondary N) is 1. The molecule has 0 radical (unpaired) electrons. The van der Waals surface area contributed by atoms with E-state index in [1.807, 2.05) is 12.1 Å². The van der Waals surface area contributed by atoms with Gasteiger partial charge in [-0.2, -0.15) is 0 Å². The number of thiazole rings is 1. The minimum atomic E-state index is 0.870. The Bertz CT molecular complexity index is 794. The second-order valence-electron chi connectivity index (χ2n) is 6.36. The molecule has 3 rings (SSSR count). The third kappa shape index (κ3) is 5.09. The SMILES string of the molecule is CCCCc1ccc(-c2csc(NCCc3ccc(OC)cc3)n2)cc1. The first-order valence-electron chi connectivity index (χ1n) is 9.20. The predicted molar refractivity (Wildman–Crippen MR) is 111 cm³/mol. The zero-order valence-electron chi connectivity index (χ0n) is 15.5. The molecule has 1 aromatic heterocycles. The molecule has 2 aromatic carbocycles.